The number of nitrogens with one attached hydrogen (secondary N) is 1. The topological polar surface area (TPSA) is 115 Å². The largest absolute Gasteiger partial charge is 0.324 e. The van der Waals surface area contributed by atoms with Crippen LogP contribution in [0.2, 0.25) is 0 Å². The highest BCUT2D eigenvalue weighted by Crippen LogP contribution is 2.28. The average molecular weight is 382 g/mol. The third-order valence-electron chi connectivity index (χ3n) is 4.14. The number of nitro benzene ring substituents is 1. The monoisotopic (exact) mass is 381 g/mol. The van der Waals surface area contributed by atoms with Gasteiger partial charge in [-0.25, -0.2) is 13.1 Å². The summed E-state index contributed by atoms with van der Waals surface area (Å²) in [6, 6.07) is 2.99. The van der Waals surface area contributed by atoms with Gasteiger partial charge in [0, 0.05) is 12.1 Å². The maximum Gasteiger partial charge on any atom is 0.324 e. The van der Waals surface area contributed by atoms with E-state index in [1.165, 1.54) is 0 Å². The summed E-state index contributed by atoms with van der Waals surface area (Å²) in [6.45, 7) is -0.0248. The molecule has 1 saturated carbocycles. The zero-order valence-corrected chi connectivity index (χ0v) is 14.7. The highest BCUT2D eigenvalue weighted by Gasteiger charge is 2.32. The Morgan fingerprint density at radius 3 is 2.38 bits per heavy atom. The molecule has 1 aliphatic carbocycles. The predicted octanol–water partition coefficient (Wildman–Crippen LogP) is 2.49. The molecular weight excluding hydrogens is 361 g/mol. The summed E-state index contributed by atoms with van der Waals surface area (Å²) in [4.78, 5) is 9.24. The summed E-state index contributed by atoms with van der Waals surface area (Å²) < 4.78 is 40.6. The summed E-state index contributed by atoms with van der Waals surface area (Å²) >= 11 is 0. The van der Waals surface area contributed by atoms with E-state index in [2.05, 4.69) is 4.72 Å². The van der Waals surface area contributed by atoms with Gasteiger partial charge in [-0.05, 0) is 25.0 Å². The van der Waals surface area contributed by atoms with Crippen molar-refractivity contribution in [1.29, 1.82) is 0 Å². The zero-order valence-electron chi connectivity index (χ0n) is 13.0. The Balaban J connectivity index is 0.00000288. The van der Waals surface area contributed by atoms with Crippen LogP contribution >= 0.6 is 12.4 Å². The lowest BCUT2D eigenvalue weighted by molar-refractivity contribution is -0.390. The van der Waals surface area contributed by atoms with Crippen LogP contribution in [0, 0.1) is 15.9 Å². The molecule has 0 unspecified atom stereocenters. The van der Waals surface area contributed by atoms with Crippen LogP contribution in [0.25, 0.3) is 0 Å². The van der Waals surface area contributed by atoms with Crippen LogP contribution in [0.4, 0.5) is 10.1 Å². The molecule has 0 bridgehead atoms. The summed E-state index contributed by atoms with van der Waals surface area (Å²) in [5.41, 5.74) is 4.51. The predicted molar refractivity (Wildman–Crippen MR) is 90.1 cm³/mol. The first-order chi connectivity index (χ1) is 10.8. The van der Waals surface area contributed by atoms with Crippen molar-refractivity contribution >= 4 is 28.1 Å². The minimum atomic E-state index is -4.22. The quantitative estimate of drug-likeness (QED) is 0.461. The van der Waals surface area contributed by atoms with E-state index in [1.54, 1.807) is 0 Å². The van der Waals surface area contributed by atoms with Gasteiger partial charge < -0.3 is 5.73 Å². The lowest BCUT2D eigenvalue weighted by Gasteiger charge is -2.28. The van der Waals surface area contributed by atoms with Crippen LogP contribution in [-0.4, -0.2) is 25.4 Å². The molecule has 3 N–H and O–H groups in total. The SMILES string of the molecule is Cl.NC1(CNS(=O)(=O)c2cccc(F)c2[N+](=O)[O-])CCCCCC1. The van der Waals surface area contributed by atoms with Crippen molar-refractivity contribution in [3.63, 3.8) is 0 Å². The second-order valence-electron chi connectivity index (χ2n) is 5.94. The van der Waals surface area contributed by atoms with Gasteiger partial charge in [-0.15, -0.1) is 12.4 Å². The van der Waals surface area contributed by atoms with Crippen LogP contribution in [0.3, 0.4) is 0 Å². The van der Waals surface area contributed by atoms with Gasteiger partial charge in [0.1, 0.15) is 0 Å². The molecule has 0 amide bonds. The van der Waals surface area contributed by atoms with Crippen molar-refractivity contribution in [3.8, 4) is 0 Å². The van der Waals surface area contributed by atoms with Crippen molar-refractivity contribution in [2.75, 3.05) is 6.54 Å². The van der Waals surface area contributed by atoms with Crippen molar-refractivity contribution in [3.05, 3.63) is 34.1 Å². The van der Waals surface area contributed by atoms with Gasteiger partial charge in [0.15, 0.2) is 4.90 Å². The Labute approximate surface area is 146 Å². The van der Waals surface area contributed by atoms with E-state index in [-0.39, 0.29) is 19.0 Å². The highest BCUT2D eigenvalue weighted by atomic mass is 35.5. The molecule has 24 heavy (non-hydrogen) atoms. The normalized spacial score (nSPS) is 17.6. The third-order valence-corrected chi connectivity index (χ3v) is 5.57. The second-order valence-corrected chi connectivity index (χ2v) is 7.68. The van der Waals surface area contributed by atoms with Crippen LogP contribution in [0.15, 0.2) is 23.1 Å². The van der Waals surface area contributed by atoms with Gasteiger partial charge in [-0.1, -0.05) is 31.7 Å². The molecular formula is C14H21ClFN3O4S. The highest BCUT2D eigenvalue weighted by molar-refractivity contribution is 7.89. The van der Waals surface area contributed by atoms with Crippen molar-refractivity contribution in [2.24, 2.45) is 5.73 Å². The number of rotatable bonds is 5. The number of halogens is 2. The summed E-state index contributed by atoms with van der Waals surface area (Å²) in [5, 5.41) is 11.0. The molecule has 0 heterocycles. The molecule has 1 aromatic rings. The van der Waals surface area contributed by atoms with Crippen molar-refractivity contribution in [1.82, 2.24) is 4.72 Å². The maximum atomic E-state index is 13.6. The fourth-order valence-corrected chi connectivity index (χ4v) is 4.13. The molecule has 136 valence electrons. The fraction of sp³-hybridized carbons (Fsp3) is 0.571. The standard InChI is InChI=1S/C14H20FN3O4S.ClH/c15-11-6-5-7-12(13(11)18(19)20)23(21,22)17-10-14(16)8-3-1-2-4-9-14;/h5-7,17H,1-4,8-10,16H2;1H. The number of sulfonamides is 1. The molecule has 1 aromatic carbocycles. The van der Waals surface area contributed by atoms with Crippen LogP contribution in [-0.2, 0) is 10.0 Å². The van der Waals surface area contributed by atoms with E-state index in [0.717, 1.165) is 43.9 Å². The maximum absolute atomic E-state index is 13.6. The molecule has 0 aromatic heterocycles. The van der Waals surface area contributed by atoms with Gasteiger partial charge in [0.25, 0.3) is 0 Å². The fourth-order valence-electron chi connectivity index (χ4n) is 2.82. The summed E-state index contributed by atoms with van der Waals surface area (Å²) in [7, 11) is -4.22. The van der Waals surface area contributed by atoms with Gasteiger partial charge in [0.05, 0.1) is 4.92 Å². The van der Waals surface area contributed by atoms with Gasteiger partial charge in [-0.2, -0.15) is 4.39 Å². The number of hydrogen-bond donors (Lipinski definition) is 2. The molecule has 2 rings (SSSR count). The lowest BCUT2D eigenvalue weighted by Crippen LogP contribution is -2.49. The molecule has 0 spiro atoms. The zero-order chi connectivity index (χ0) is 17.1. The lowest BCUT2D eigenvalue weighted by atomic mass is 9.92. The number of hydrogen-bond acceptors (Lipinski definition) is 5. The first-order valence-electron chi connectivity index (χ1n) is 7.47. The first kappa shape index (κ1) is 20.8. The molecule has 0 radical (unpaired) electrons. The number of nitrogens with zero attached hydrogens (tertiary/aromatic N) is 1. The molecule has 0 aliphatic heterocycles. The number of para-hydroxylation sites is 1. The summed E-state index contributed by atoms with van der Waals surface area (Å²) in [6.07, 6.45) is 5.31. The Kier molecular flexibility index (Phi) is 7.09. The smallest absolute Gasteiger partial charge is 0.324 e. The molecule has 1 aliphatic rings. The van der Waals surface area contributed by atoms with Gasteiger partial charge >= 0.3 is 5.69 Å². The molecule has 0 atom stereocenters. The minimum absolute atomic E-state index is 0. The second kappa shape index (κ2) is 8.19. The minimum Gasteiger partial charge on any atom is -0.324 e. The molecule has 10 heteroatoms. The van der Waals surface area contributed by atoms with E-state index in [0.29, 0.717) is 12.8 Å². The van der Waals surface area contributed by atoms with E-state index >= 15 is 0 Å². The summed E-state index contributed by atoms with van der Waals surface area (Å²) in [5.74, 6) is -1.19. The van der Waals surface area contributed by atoms with Crippen LogP contribution in [0.5, 0.6) is 0 Å². The Bertz CT molecular complexity index is 691. The van der Waals surface area contributed by atoms with E-state index in [4.69, 9.17) is 5.73 Å². The molecule has 7 nitrogen and oxygen atoms in total. The Morgan fingerprint density at radius 2 is 1.83 bits per heavy atom. The van der Waals surface area contributed by atoms with E-state index < -0.39 is 36.9 Å². The molecule has 0 saturated heterocycles. The van der Waals surface area contributed by atoms with E-state index in [9.17, 15) is 22.9 Å². The molecule has 1 fully saturated rings. The number of benzene rings is 1. The van der Waals surface area contributed by atoms with Crippen molar-refractivity contribution in [2.45, 2.75) is 49.0 Å². The Morgan fingerprint density at radius 1 is 1.25 bits per heavy atom. The first-order valence-corrected chi connectivity index (χ1v) is 8.95. The van der Waals surface area contributed by atoms with Crippen molar-refractivity contribution < 1.29 is 17.7 Å². The third kappa shape index (κ3) is 4.85. The van der Waals surface area contributed by atoms with Gasteiger partial charge in [-0.3, -0.25) is 10.1 Å². The van der Waals surface area contributed by atoms with Crippen LogP contribution < -0.4 is 10.5 Å². The van der Waals surface area contributed by atoms with Gasteiger partial charge in [0.2, 0.25) is 15.8 Å². The number of nitrogens with two attached hydrogens (primary N) is 1. The average Bonchev–Trinajstić information content (AvgIpc) is 2.70. The van der Waals surface area contributed by atoms with E-state index in [1.807, 2.05) is 0 Å². The Hall–Kier alpha value is -1.29. The van der Waals surface area contributed by atoms with Crippen LogP contribution in [0.1, 0.15) is 38.5 Å². The number of nitro groups is 1.